The standard InChI is InChI=1S/C27H26N4O6/c1-27-18(23(33)30(24(27)34)16-7-5-4-6-8-16)14-19-17(11-12-29-25(35)28(2)26(36)31(19)29)22(27)15-9-10-21(37-3)20(32)13-15/h4-11,13,18-19,22,32H,12,14H2,1-3H3/t18-,19+,22-,27+/m0/s1. The molecule has 0 radical (unpaired) electrons. The SMILES string of the molecule is COc1ccc([C@H]2C3=CCn4c(=O)n(C)c(=O)n4[C@@H]3C[C@H]3C(=O)N(c4ccccc4)C(=O)[C@@]23C)cc1O. The van der Waals surface area contributed by atoms with Crippen molar-refractivity contribution in [2.45, 2.75) is 31.8 Å². The minimum Gasteiger partial charge on any atom is -0.504 e. The maximum absolute atomic E-state index is 14.2. The molecule has 4 atom stereocenters. The highest BCUT2D eigenvalue weighted by molar-refractivity contribution is 6.24. The molecule has 0 unspecified atom stereocenters. The molecule has 3 heterocycles. The summed E-state index contributed by atoms with van der Waals surface area (Å²) in [6.45, 7) is 1.95. The fourth-order valence-corrected chi connectivity index (χ4v) is 6.48. The first kappa shape index (κ1) is 23.1. The molecule has 0 bridgehead atoms. The van der Waals surface area contributed by atoms with E-state index in [0.29, 0.717) is 11.3 Å². The van der Waals surface area contributed by atoms with Gasteiger partial charge >= 0.3 is 11.4 Å². The van der Waals surface area contributed by atoms with E-state index in [1.54, 1.807) is 49.4 Å². The van der Waals surface area contributed by atoms with Crippen LogP contribution in [0.15, 0.2) is 69.8 Å². The number of anilines is 1. The normalized spacial score (nSPS) is 26.4. The Morgan fingerprint density at radius 2 is 1.76 bits per heavy atom. The number of hydrogen-bond acceptors (Lipinski definition) is 6. The molecule has 1 saturated carbocycles. The molecule has 1 saturated heterocycles. The van der Waals surface area contributed by atoms with E-state index < -0.39 is 34.7 Å². The molecule has 2 fully saturated rings. The Balaban J connectivity index is 1.59. The molecule has 190 valence electrons. The van der Waals surface area contributed by atoms with Crippen LogP contribution in [0.1, 0.15) is 30.9 Å². The molecule has 2 amide bonds. The van der Waals surface area contributed by atoms with Crippen molar-refractivity contribution >= 4 is 17.5 Å². The molecule has 3 aliphatic rings. The molecule has 2 aliphatic heterocycles. The van der Waals surface area contributed by atoms with Crippen LogP contribution in [0.4, 0.5) is 5.69 Å². The summed E-state index contributed by atoms with van der Waals surface area (Å²) >= 11 is 0. The number of imide groups is 1. The smallest absolute Gasteiger partial charge is 0.347 e. The molecule has 1 aliphatic carbocycles. The van der Waals surface area contributed by atoms with Crippen LogP contribution in [-0.4, -0.2) is 38.0 Å². The number of amides is 2. The van der Waals surface area contributed by atoms with Gasteiger partial charge in [0.25, 0.3) is 0 Å². The number of allylic oxidation sites excluding steroid dienone is 2. The number of carbonyl (C=O) groups is 2. The molecular formula is C27H26N4O6. The van der Waals surface area contributed by atoms with Gasteiger partial charge in [-0.05, 0) is 48.7 Å². The summed E-state index contributed by atoms with van der Waals surface area (Å²) in [7, 11) is 2.88. The quantitative estimate of drug-likeness (QED) is 0.432. The zero-order valence-corrected chi connectivity index (χ0v) is 20.6. The fraction of sp³-hybridized carbons (Fsp3) is 0.333. The van der Waals surface area contributed by atoms with Gasteiger partial charge in [0.1, 0.15) is 0 Å². The van der Waals surface area contributed by atoms with Crippen LogP contribution >= 0.6 is 0 Å². The maximum Gasteiger partial charge on any atom is 0.347 e. The lowest BCUT2D eigenvalue weighted by Crippen LogP contribution is -2.49. The van der Waals surface area contributed by atoms with E-state index in [1.807, 2.05) is 12.1 Å². The summed E-state index contributed by atoms with van der Waals surface area (Å²) in [5.41, 5.74) is -0.221. The predicted molar refractivity (Wildman–Crippen MR) is 134 cm³/mol. The lowest BCUT2D eigenvalue weighted by molar-refractivity contribution is -0.129. The summed E-state index contributed by atoms with van der Waals surface area (Å²) in [6.07, 6.45) is 2.07. The van der Waals surface area contributed by atoms with Gasteiger partial charge in [-0.15, -0.1) is 0 Å². The Kier molecular flexibility index (Phi) is 4.88. The fourth-order valence-electron chi connectivity index (χ4n) is 6.48. The first-order valence-electron chi connectivity index (χ1n) is 12.1. The monoisotopic (exact) mass is 502 g/mol. The van der Waals surface area contributed by atoms with Gasteiger partial charge < -0.3 is 9.84 Å². The van der Waals surface area contributed by atoms with E-state index >= 15 is 0 Å². The van der Waals surface area contributed by atoms with E-state index in [4.69, 9.17) is 4.74 Å². The van der Waals surface area contributed by atoms with Crippen LogP contribution in [0.3, 0.4) is 0 Å². The van der Waals surface area contributed by atoms with Crippen LogP contribution in [0, 0.1) is 11.3 Å². The number of benzene rings is 2. The molecule has 1 N–H and O–H groups in total. The molecule has 1 aromatic heterocycles. The molecular weight excluding hydrogens is 476 g/mol. The highest BCUT2D eigenvalue weighted by Gasteiger charge is 2.65. The Hall–Kier alpha value is -4.34. The van der Waals surface area contributed by atoms with Gasteiger partial charge in [0, 0.05) is 13.0 Å². The topological polar surface area (TPSA) is 116 Å². The number of ether oxygens (including phenoxy) is 1. The third kappa shape index (κ3) is 2.92. The van der Waals surface area contributed by atoms with Crippen molar-refractivity contribution in [1.82, 2.24) is 13.9 Å². The number of nitrogens with zero attached hydrogens (tertiary/aromatic N) is 4. The number of carbonyl (C=O) groups excluding carboxylic acids is 2. The Morgan fingerprint density at radius 3 is 2.43 bits per heavy atom. The average Bonchev–Trinajstić information content (AvgIpc) is 3.24. The van der Waals surface area contributed by atoms with Crippen molar-refractivity contribution < 1.29 is 19.4 Å². The van der Waals surface area contributed by atoms with Crippen LogP contribution in [0.5, 0.6) is 11.5 Å². The first-order chi connectivity index (χ1) is 17.7. The lowest BCUT2D eigenvalue weighted by Gasteiger charge is -2.47. The van der Waals surface area contributed by atoms with Gasteiger partial charge in [0.15, 0.2) is 11.5 Å². The molecule has 10 heteroatoms. The number of hydrogen-bond donors (Lipinski definition) is 1. The van der Waals surface area contributed by atoms with E-state index in [2.05, 4.69) is 0 Å². The van der Waals surface area contributed by atoms with Gasteiger partial charge in [-0.3, -0.25) is 9.59 Å². The number of methoxy groups -OCH3 is 1. The van der Waals surface area contributed by atoms with E-state index in [1.165, 1.54) is 28.4 Å². The summed E-state index contributed by atoms with van der Waals surface area (Å²) in [5.74, 6) is -1.88. The van der Waals surface area contributed by atoms with Crippen LogP contribution in [0.25, 0.3) is 0 Å². The van der Waals surface area contributed by atoms with Crippen molar-refractivity contribution in [3.05, 3.63) is 86.7 Å². The molecule has 6 rings (SSSR count). The van der Waals surface area contributed by atoms with Crippen LogP contribution < -0.4 is 21.0 Å². The first-order valence-corrected chi connectivity index (χ1v) is 12.1. The number of phenols is 1. The summed E-state index contributed by atoms with van der Waals surface area (Å²) in [5, 5.41) is 10.6. The number of phenolic OH excluding ortho intramolecular Hbond substituents is 1. The number of aromatic hydroxyl groups is 1. The average molecular weight is 503 g/mol. The van der Waals surface area contributed by atoms with Gasteiger partial charge in [0.05, 0.1) is 36.7 Å². The minimum absolute atomic E-state index is 0.0934. The largest absolute Gasteiger partial charge is 0.504 e. The molecule has 3 aromatic rings. The highest BCUT2D eigenvalue weighted by Crippen LogP contribution is 2.61. The number of fused-ring (bicyclic) bond motifs is 4. The minimum atomic E-state index is -1.18. The second-order valence-corrected chi connectivity index (χ2v) is 10.0. The Labute approximate surface area is 211 Å². The molecule has 10 nitrogen and oxygen atoms in total. The number of para-hydroxylation sites is 1. The molecule has 2 aromatic carbocycles. The summed E-state index contributed by atoms with van der Waals surface area (Å²) in [6, 6.07) is 13.1. The second kappa shape index (κ2) is 7.83. The number of aromatic nitrogens is 3. The number of rotatable bonds is 3. The molecule has 37 heavy (non-hydrogen) atoms. The van der Waals surface area contributed by atoms with Gasteiger partial charge in [-0.2, -0.15) is 0 Å². The van der Waals surface area contributed by atoms with Crippen LogP contribution in [0.2, 0.25) is 0 Å². The zero-order valence-electron chi connectivity index (χ0n) is 20.6. The maximum atomic E-state index is 14.2. The zero-order chi connectivity index (χ0) is 26.2. The van der Waals surface area contributed by atoms with Crippen molar-refractivity contribution in [2.24, 2.45) is 18.4 Å². The Bertz CT molecular complexity index is 1610. The third-order valence-electron chi connectivity index (χ3n) is 8.28. The van der Waals surface area contributed by atoms with Crippen molar-refractivity contribution in [3.63, 3.8) is 0 Å². The third-order valence-corrected chi connectivity index (χ3v) is 8.28. The van der Waals surface area contributed by atoms with E-state index in [-0.39, 0.29) is 36.3 Å². The lowest BCUT2D eigenvalue weighted by atomic mass is 9.56. The van der Waals surface area contributed by atoms with Crippen molar-refractivity contribution in [2.75, 3.05) is 12.0 Å². The van der Waals surface area contributed by atoms with Gasteiger partial charge in [-0.1, -0.05) is 30.3 Å². The van der Waals surface area contributed by atoms with Gasteiger partial charge in [-0.25, -0.2) is 28.4 Å². The summed E-state index contributed by atoms with van der Waals surface area (Å²) in [4.78, 5) is 55.2. The van der Waals surface area contributed by atoms with Crippen LogP contribution in [-0.2, 0) is 23.2 Å². The molecule has 0 spiro atoms. The van der Waals surface area contributed by atoms with E-state index in [0.717, 1.165) is 10.1 Å². The van der Waals surface area contributed by atoms with Crippen molar-refractivity contribution in [1.29, 1.82) is 0 Å². The van der Waals surface area contributed by atoms with Crippen molar-refractivity contribution in [3.8, 4) is 11.5 Å². The Morgan fingerprint density at radius 1 is 1.03 bits per heavy atom. The van der Waals surface area contributed by atoms with E-state index in [9.17, 15) is 24.3 Å². The second-order valence-electron chi connectivity index (χ2n) is 10.0. The van der Waals surface area contributed by atoms with Gasteiger partial charge in [0.2, 0.25) is 11.8 Å². The summed E-state index contributed by atoms with van der Waals surface area (Å²) < 4.78 is 9.06. The highest BCUT2D eigenvalue weighted by atomic mass is 16.5. The predicted octanol–water partition coefficient (Wildman–Crippen LogP) is 1.93.